The highest BCUT2D eigenvalue weighted by atomic mass is 19.2. The van der Waals surface area contributed by atoms with E-state index >= 15 is 0 Å². The van der Waals surface area contributed by atoms with E-state index in [1.807, 2.05) is 10.9 Å². The van der Waals surface area contributed by atoms with Crippen LogP contribution in [0.15, 0.2) is 30.6 Å². The van der Waals surface area contributed by atoms with Crippen LogP contribution >= 0.6 is 0 Å². The van der Waals surface area contributed by atoms with Gasteiger partial charge in [0, 0.05) is 12.7 Å². The average molecular weight is 320 g/mol. The molecule has 0 aliphatic heterocycles. The van der Waals surface area contributed by atoms with Crippen LogP contribution in [-0.2, 0) is 6.54 Å². The zero-order chi connectivity index (χ0) is 17.0. The molecule has 0 saturated carbocycles. The minimum atomic E-state index is -0.783. The van der Waals surface area contributed by atoms with Gasteiger partial charge in [0.1, 0.15) is 0 Å². The molecular formula is C19H26F2N2. The second-order valence-corrected chi connectivity index (χ2v) is 6.91. The fraction of sp³-hybridized carbons (Fsp3) is 0.526. The van der Waals surface area contributed by atoms with Gasteiger partial charge >= 0.3 is 0 Å². The highest BCUT2D eigenvalue weighted by Crippen LogP contribution is 2.25. The Morgan fingerprint density at radius 2 is 1.74 bits per heavy atom. The minimum absolute atomic E-state index is 0.219. The summed E-state index contributed by atoms with van der Waals surface area (Å²) in [6, 6.07) is 4.20. The van der Waals surface area contributed by atoms with E-state index < -0.39 is 11.6 Å². The van der Waals surface area contributed by atoms with Crippen LogP contribution in [-0.4, -0.2) is 9.78 Å². The van der Waals surface area contributed by atoms with E-state index in [0.29, 0.717) is 11.8 Å². The number of rotatable bonds is 7. The van der Waals surface area contributed by atoms with Crippen LogP contribution in [0.5, 0.6) is 0 Å². The number of aromatic nitrogens is 2. The van der Waals surface area contributed by atoms with Gasteiger partial charge in [-0.05, 0) is 53.9 Å². The van der Waals surface area contributed by atoms with Crippen LogP contribution in [0, 0.1) is 17.6 Å². The maximum Gasteiger partial charge on any atom is 0.159 e. The van der Waals surface area contributed by atoms with Crippen LogP contribution < -0.4 is 0 Å². The summed E-state index contributed by atoms with van der Waals surface area (Å²) >= 11 is 0. The molecule has 2 nitrogen and oxygen atoms in total. The van der Waals surface area contributed by atoms with Gasteiger partial charge in [-0.2, -0.15) is 5.10 Å². The second-order valence-electron chi connectivity index (χ2n) is 6.91. The van der Waals surface area contributed by atoms with E-state index in [9.17, 15) is 8.78 Å². The first-order chi connectivity index (χ1) is 10.9. The average Bonchev–Trinajstić information content (AvgIpc) is 2.96. The summed E-state index contributed by atoms with van der Waals surface area (Å²) in [7, 11) is 0. The first-order valence-electron chi connectivity index (χ1n) is 8.34. The van der Waals surface area contributed by atoms with Crippen LogP contribution in [0.4, 0.5) is 8.78 Å². The van der Waals surface area contributed by atoms with Crippen molar-refractivity contribution >= 4 is 0 Å². The number of hydrogen-bond donors (Lipinski definition) is 0. The number of halogens is 2. The summed E-state index contributed by atoms with van der Waals surface area (Å²) in [5.41, 5.74) is 2.12. The lowest BCUT2D eigenvalue weighted by Gasteiger charge is -2.16. The predicted molar refractivity (Wildman–Crippen MR) is 89.5 cm³/mol. The molecule has 2 atom stereocenters. The van der Waals surface area contributed by atoms with Crippen molar-refractivity contribution < 1.29 is 8.78 Å². The lowest BCUT2D eigenvalue weighted by Crippen LogP contribution is -2.09. The van der Waals surface area contributed by atoms with E-state index in [-0.39, 0.29) is 5.92 Å². The van der Waals surface area contributed by atoms with Gasteiger partial charge in [-0.1, -0.05) is 33.8 Å². The number of nitrogens with zero attached hydrogens (tertiary/aromatic N) is 2. The summed E-state index contributed by atoms with van der Waals surface area (Å²) in [5.74, 6) is -0.347. The maximum absolute atomic E-state index is 13.3. The fourth-order valence-corrected chi connectivity index (χ4v) is 2.71. The van der Waals surface area contributed by atoms with Gasteiger partial charge in [-0.3, -0.25) is 4.68 Å². The molecule has 2 unspecified atom stereocenters. The normalized spacial score (nSPS) is 14.2. The zero-order valence-corrected chi connectivity index (χ0v) is 14.4. The van der Waals surface area contributed by atoms with Gasteiger partial charge in [0.25, 0.3) is 0 Å². The molecule has 1 aromatic carbocycles. The molecule has 0 bridgehead atoms. The van der Waals surface area contributed by atoms with Crippen molar-refractivity contribution in [3.05, 3.63) is 53.4 Å². The van der Waals surface area contributed by atoms with Gasteiger partial charge < -0.3 is 0 Å². The molecular weight excluding hydrogens is 294 g/mol. The number of hydrogen-bond acceptors (Lipinski definition) is 1. The van der Waals surface area contributed by atoms with Crippen molar-refractivity contribution in [3.8, 4) is 0 Å². The summed E-state index contributed by atoms with van der Waals surface area (Å²) in [6.45, 7) is 9.47. The summed E-state index contributed by atoms with van der Waals surface area (Å²) in [4.78, 5) is 0. The third-order valence-corrected chi connectivity index (χ3v) is 4.42. The molecule has 2 aromatic rings. The zero-order valence-electron chi connectivity index (χ0n) is 14.4. The maximum atomic E-state index is 13.3. The van der Waals surface area contributed by atoms with Gasteiger partial charge in [-0.15, -0.1) is 0 Å². The molecule has 0 N–H and O–H groups in total. The Morgan fingerprint density at radius 1 is 1.00 bits per heavy atom. The molecule has 2 rings (SSSR count). The van der Waals surface area contributed by atoms with Crippen LogP contribution in [0.1, 0.15) is 63.5 Å². The van der Waals surface area contributed by atoms with Crippen molar-refractivity contribution in [1.29, 1.82) is 0 Å². The summed E-state index contributed by atoms with van der Waals surface area (Å²) in [5, 5.41) is 4.41. The molecule has 4 heteroatoms. The Morgan fingerprint density at radius 3 is 2.35 bits per heavy atom. The summed E-state index contributed by atoms with van der Waals surface area (Å²) < 4.78 is 28.3. The Bertz CT molecular complexity index is 634. The van der Waals surface area contributed by atoms with Crippen molar-refractivity contribution in [3.63, 3.8) is 0 Å². The lowest BCUT2D eigenvalue weighted by atomic mass is 9.92. The van der Waals surface area contributed by atoms with Crippen LogP contribution in [0.3, 0.4) is 0 Å². The Kier molecular flexibility index (Phi) is 5.91. The SMILES string of the molecule is CC(CCC(C)c1ccc(F)c(F)c1)Cn1cc(C(C)C)cn1. The molecule has 0 radical (unpaired) electrons. The third-order valence-electron chi connectivity index (χ3n) is 4.42. The van der Waals surface area contributed by atoms with Crippen molar-refractivity contribution in [1.82, 2.24) is 9.78 Å². The van der Waals surface area contributed by atoms with E-state index in [4.69, 9.17) is 0 Å². The smallest absolute Gasteiger partial charge is 0.159 e. The molecule has 0 saturated heterocycles. The van der Waals surface area contributed by atoms with Crippen molar-refractivity contribution in [2.24, 2.45) is 5.92 Å². The molecule has 0 aliphatic rings. The largest absolute Gasteiger partial charge is 0.272 e. The monoisotopic (exact) mass is 320 g/mol. The van der Waals surface area contributed by atoms with Crippen molar-refractivity contribution in [2.75, 3.05) is 0 Å². The van der Waals surface area contributed by atoms with Gasteiger partial charge in [0.2, 0.25) is 0 Å². The quantitative estimate of drug-likeness (QED) is 0.658. The number of benzene rings is 1. The molecule has 0 spiro atoms. The fourth-order valence-electron chi connectivity index (χ4n) is 2.71. The molecule has 0 amide bonds. The van der Waals surface area contributed by atoms with E-state index in [1.165, 1.54) is 17.7 Å². The molecule has 0 fully saturated rings. The topological polar surface area (TPSA) is 17.8 Å². The lowest BCUT2D eigenvalue weighted by molar-refractivity contribution is 0.401. The van der Waals surface area contributed by atoms with E-state index in [2.05, 4.69) is 39.0 Å². The van der Waals surface area contributed by atoms with Crippen molar-refractivity contribution in [2.45, 2.75) is 58.9 Å². The molecule has 0 aliphatic carbocycles. The highest BCUT2D eigenvalue weighted by Gasteiger charge is 2.12. The molecule has 1 aromatic heterocycles. The molecule has 126 valence electrons. The van der Waals surface area contributed by atoms with Crippen LogP contribution in [0.25, 0.3) is 0 Å². The Balaban J connectivity index is 1.85. The Labute approximate surface area is 137 Å². The van der Waals surface area contributed by atoms with E-state index in [0.717, 1.165) is 24.9 Å². The van der Waals surface area contributed by atoms with Gasteiger partial charge in [-0.25, -0.2) is 8.78 Å². The third kappa shape index (κ3) is 4.88. The Hall–Kier alpha value is -1.71. The van der Waals surface area contributed by atoms with E-state index in [1.54, 1.807) is 6.07 Å². The molecule has 1 heterocycles. The predicted octanol–water partition coefficient (Wildman–Crippen LogP) is 5.50. The van der Waals surface area contributed by atoms with Crippen LogP contribution in [0.2, 0.25) is 0 Å². The van der Waals surface area contributed by atoms with Gasteiger partial charge in [0.15, 0.2) is 11.6 Å². The summed E-state index contributed by atoms with van der Waals surface area (Å²) in [6.07, 6.45) is 6.02. The highest BCUT2D eigenvalue weighted by molar-refractivity contribution is 5.21. The molecule has 23 heavy (non-hydrogen) atoms. The first kappa shape index (κ1) is 17.6. The first-order valence-corrected chi connectivity index (χ1v) is 8.34. The second kappa shape index (κ2) is 7.71. The minimum Gasteiger partial charge on any atom is -0.272 e. The standard InChI is InChI=1S/C19H26F2N2/c1-13(2)17-10-22-23(12-17)11-14(3)5-6-15(4)16-7-8-18(20)19(21)9-16/h7-10,12-15H,5-6,11H2,1-4H3. The van der Waals surface area contributed by atoms with Gasteiger partial charge in [0.05, 0.1) is 6.20 Å².